The molecule has 0 radical (unpaired) electrons. The molecule has 20 heavy (non-hydrogen) atoms. The van der Waals surface area contributed by atoms with E-state index < -0.39 is 0 Å². The lowest BCUT2D eigenvalue weighted by Gasteiger charge is -2.38. The number of aliphatic hydroxyl groups is 1. The van der Waals surface area contributed by atoms with Gasteiger partial charge in [0.2, 0.25) is 0 Å². The van der Waals surface area contributed by atoms with Crippen molar-refractivity contribution < 1.29 is 5.11 Å². The van der Waals surface area contributed by atoms with Gasteiger partial charge in [0.25, 0.3) is 0 Å². The molecule has 1 saturated carbocycles. The van der Waals surface area contributed by atoms with Crippen molar-refractivity contribution in [3.63, 3.8) is 0 Å². The molecule has 0 spiro atoms. The SMILES string of the molecule is CCCC1CC(NCC2CCCCC2)CN(CCO)C1. The second kappa shape index (κ2) is 9.01. The van der Waals surface area contributed by atoms with E-state index in [4.69, 9.17) is 0 Å². The van der Waals surface area contributed by atoms with Crippen LogP contribution in [0.1, 0.15) is 58.3 Å². The zero-order chi connectivity index (χ0) is 14.2. The largest absolute Gasteiger partial charge is 0.395 e. The Kier molecular flexibility index (Phi) is 7.32. The Morgan fingerprint density at radius 1 is 1.10 bits per heavy atom. The van der Waals surface area contributed by atoms with E-state index in [1.165, 1.54) is 64.5 Å². The maximum Gasteiger partial charge on any atom is 0.0558 e. The van der Waals surface area contributed by atoms with Gasteiger partial charge in [0.1, 0.15) is 0 Å². The molecule has 2 N–H and O–H groups in total. The number of piperidine rings is 1. The number of hydrogen-bond acceptors (Lipinski definition) is 3. The molecule has 3 heteroatoms. The quantitative estimate of drug-likeness (QED) is 0.753. The van der Waals surface area contributed by atoms with Gasteiger partial charge in [-0.1, -0.05) is 32.6 Å². The molecule has 1 aliphatic carbocycles. The summed E-state index contributed by atoms with van der Waals surface area (Å²) in [5.74, 6) is 1.74. The van der Waals surface area contributed by atoms with Gasteiger partial charge in [0, 0.05) is 25.7 Å². The van der Waals surface area contributed by atoms with Gasteiger partial charge >= 0.3 is 0 Å². The molecule has 0 aromatic carbocycles. The van der Waals surface area contributed by atoms with Crippen molar-refractivity contribution in [3.8, 4) is 0 Å². The Balaban J connectivity index is 1.75. The monoisotopic (exact) mass is 282 g/mol. The van der Waals surface area contributed by atoms with Crippen LogP contribution in [0.3, 0.4) is 0 Å². The number of nitrogens with one attached hydrogen (secondary N) is 1. The fraction of sp³-hybridized carbons (Fsp3) is 1.00. The Bertz CT molecular complexity index is 239. The van der Waals surface area contributed by atoms with Crippen molar-refractivity contribution in [1.82, 2.24) is 10.2 Å². The highest BCUT2D eigenvalue weighted by Gasteiger charge is 2.26. The third-order valence-electron chi connectivity index (χ3n) is 5.15. The number of aliphatic hydroxyl groups excluding tert-OH is 1. The second-order valence-corrected chi connectivity index (χ2v) is 6.98. The van der Waals surface area contributed by atoms with Crippen LogP contribution in [0.25, 0.3) is 0 Å². The van der Waals surface area contributed by atoms with Gasteiger partial charge < -0.3 is 10.4 Å². The molecule has 2 atom stereocenters. The van der Waals surface area contributed by atoms with E-state index in [1.54, 1.807) is 0 Å². The van der Waals surface area contributed by atoms with E-state index in [0.717, 1.165) is 24.9 Å². The summed E-state index contributed by atoms with van der Waals surface area (Å²) in [5, 5.41) is 13.0. The first kappa shape index (κ1) is 16.3. The molecule has 0 aromatic rings. The molecule has 0 aromatic heterocycles. The van der Waals surface area contributed by atoms with E-state index in [2.05, 4.69) is 17.1 Å². The average Bonchev–Trinajstić information content (AvgIpc) is 2.47. The Morgan fingerprint density at radius 2 is 1.90 bits per heavy atom. The van der Waals surface area contributed by atoms with Crippen LogP contribution in [0.2, 0.25) is 0 Å². The van der Waals surface area contributed by atoms with Crippen LogP contribution < -0.4 is 5.32 Å². The van der Waals surface area contributed by atoms with Crippen molar-refractivity contribution >= 4 is 0 Å². The van der Waals surface area contributed by atoms with Crippen molar-refractivity contribution in [2.75, 3.05) is 32.8 Å². The highest BCUT2D eigenvalue weighted by molar-refractivity contribution is 4.84. The van der Waals surface area contributed by atoms with Gasteiger partial charge in [-0.25, -0.2) is 0 Å². The van der Waals surface area contributed by atoms with Crippen LogP contribution >= 0.6 is 0 Å². The summed E-state index contributed by atoms with van der Waals surface area (Å²) in [6.45, 7) is 6.98. The van der Waals surface area contributed by atoms with Gasteiger partial charge in [-0.05, 0) is 44.1 Å². The van der Waals surface area contributed by atoms with Gasteiger partial charge in [-0.15, -0.1) is 0 Å². The topological polar surface area (TPSA) is 35.5 Å². The van der Waals surface area contributed by atoms with Crippen molar-refractivity contribution in [1.29, 1.82) is 0 Å². The minimum Gasteiger partial charge on any atom is -0.395 e. The molecule has 1 heterocycles. The molecule has 1 saturated heterocycles. The van der Waals surface area contributed by atoms with Crippen LogP contribution in [0, 0.1) is 11.8 Å². The first-order valence-electron chi connectivity index (χ1n) is 8.88. The lowest BCUT2D eigenvalue weighted by atomic mass is 9.87. The molecular weight excluding hydrogens is 248 g/mol. The summed E-state index contributed by atoms with van der Waals surface area (Å²) in [4.78, 5) is 2.46. The normalized spacial score (nSPS) is 29.7. The summed E-state index contributed by atoms with van der Waals surface area (Å²) < 4.78 is 0. The van der Waals surface area contributed by atoms with Crippen LogP contribution in [0.4, 0.5) is 0 Å². The predicted octanol–water partition coefficient (Wildman–Crippen LogP) is 2.64. The summed E-state index contributed by atoms with van der Waals surface area (Å²) in [7, 11) is 0. The fourth-order valence-corrected chi connectivity index (χ4v) is 4.12. The standard InChI is InChI=1S/C17H34N2O/c1-2-6-16-11-17(14-19(13-16)9-10-20)18-12-15-7-4-3-5-8-15/h15-18,20H,2-14H2,1H3. The molecule has 0 amide bonds. The van der Waals surface area contributed by atoms with E-state index in [1.807, 2.05) is 0 Å². The van der Waals surface area contributed by atoms with Crippen LogP contribution in [-0.2, 0) is 0 Å². The maximum atomic E-state index is 9.19. The first-order chi connectivity index (χ1) is 9.81. The highest BCUT2D eigenvalue weighted by Crippen LogP contribution is 2.25. The molecule has 118 valence electrons. The molecule has 2 unspecified atom stereocenters. The maximum absolute atomic E-state index is 9.19. The Labute approximate surface area is 125 Å². The molecule has 2 aliphatic rings. The second-order valence-electron chi connectivity index (χ2n) is 6.98. The molecule has 3 nitrogen and oxygen atoms in total. The smallest absolute Gasteiger partial charge is 0.0558 e. The highest BCUT2D eigenvalue weighted by atomic mass is 16.3. The number of nitrogens with zero attached hydrogens (tertiary/aromatic N) is 1. The van der Waals surface area contributed by atoms with E-state index >= 15 is 0 Å². The summed E-state index contributed by atoms with van der Waals surface area (Å²) >= 11 is 0. The lowest BCUT2D eigenvalue weighted by molar-refractivity contribution is 0.109. The Morgan fingerprint density at radius 3 is 2.60 bits per heavy atom. The zero-order valence-electron chi connectivity index (χ0n) is 13.3. The van der Waals surface area contributed by atoms with Gasteiger partial charge in [-0.2, -0.15) is 0 Å². The lowest BCUT2D eigenvalue weighted by Crippen LogP contribution is -2.50. The van der Waals surface area contributed by atoms with Gasteiger partial charge in [0.15, 0.2) is 0 Å². The molecule has 2 fully saturated rings. The summed E-state index contributed by atoms with van der Waals surface area (Å²) in [5.41, 5.74) is 0. The van der Waals surface area contributed by atoms with Crippen molar-refractivity contribution in [2.24, 2.45) is 11.8 Å². The minimum atomic E-state index is 0.300. The first-order valence-corrected chi connectivity index (χ1v) is 8.88. The third kappa shape index (κ3) is 5.34. The summed E-state index contributed by atoms with van der Waals surface area (Å²) in [6.07, 6.45) is 11.1. The number of likely N-dealkylation sites (tertiary alicyclic amines) is 1. The predicted molar refractivity (Wildman–Crippen MR) is 84.9 cm³/mol. The van der Waals surface area contributed by atoms with Crippen LogP contribution in [0.15, 0.2) is 0 Å². The molecule has 2 rings (SSSR count). The van der Waals surface area contributed by atoms with Gasteiger partial charge in [-0.3, -0.25) is 4.90 Å². The van der Waals surface area contributed by atoms with Gasteiger partial charge in [0.05, 0.1) is 6.61 Å². The number of rotatable bonds is 7. The van der Waals surface area contributed by atoms with Crippen molar-refractivity contribution in [3.05, 3.63) is 0 Å². The zero-order valence-corrected chi connectivity index (χ0v) is 13.3. The van der Waals surface area contributed by atoms with E-state index in [9.17, 15) is 5.11 Å². The number of β-amino-alcohol motifs (C(OH)–C–C–N with tert-alkyl or cyclic N) is 1. The fourth-order valence-electron chi connectivity index (χ4n) is 4.12. The van der Waals surface area contributed by atoms with Crippen molar-refractivity contribution in [2.45, 2.75) is 64.3 Å². The van der Waals surface area contributed by atoms with E-state index in [0.29, 0.717) is 12.6 Å². The van der Waals surface area contributed by atoms with Crippen LogP contribution in [-0.4, -0.2) is 48.8 Å². The third-order valence-corrected chi connectivity index (χ3v) is 5.15. The molecule has 0 bridgehead atoms. The molecular formula is C17H34N2O. The molecule has 1 aliphatic heterocycles. The van der Waals surface area contributed by atoms with E-state index in [-0.39, 0.29) is 0 Å². The summed E-state index contributed by atoms with van der Waals surface area (Å²) in [6, 6.07) is 0.647. The number of hydrogen-bond donors (Lipinski definition) is 2. The Hall–Kier alpha value is -0.120. The van der Waals surface area contributed by atoms with Crippen LogP contribution in [0.5, 0.6) is 0 Å². The minimum absolute atomic E-state index is 0.300. The average molecular weight is 282 g/mol.